The minimum absolute atomic E-state index is 0.208. The van der Waals surface area contributed by atoms with Crippen LogP contribution in [0.25, 0.3) is 0 Å². The minimum atomic E-state index is 0.208. The molecule has 24 heavy (non-hydrogen) atoms. The summed E-state index contributed by atoms with van der Waals surface area (Å²) in [6, 6.07) is 7.98. The van der Waals surface area contributed by atoms with Crippen molar-refractivity contribution in [1.82, 2.24) is 10.2 Å². The molecule has 0 amide bonds. The fourth-order valence-corrected chi connectivity index (χ4v) is 3.69. The first kappa shape index (κ1) is 19.4. The van der Waals surface area contributed by atoms with Crippen LogP contribution in [0, 0.1) is 0 Å². The fraction of sp³-hybridized carbons (Fsp3) is 0.611. The molecule has 1 heterocycles. The van der Waals surface area contributed by atoms with Crippen molar-refractivity contribution in [1.29, 1.82) is 0 Å². The summed E-state index contributed by atoms with van der Waals surface area (Å²) < 4.78 is 5.73. The highest BCUT2D eigenvalue weighted by Gasteiger charge is 2.31. The predicted octanol–water partition coefficient (Wildman–Crippen LogP) is 3.65. The maximum Gasteiger partial charge on any atom is 0.194 e. The third-order valence-corrected chi connectivity index (χ3v) is 6.04. The number of benzene rings is 1. The molecule has 0 radical (unpaired) electrons. The first-order chi connectivity index (χ1) is 11.6. The first-order valence-corrected chi connectivity index (χ1v) is 10.1. The maximum absolute atomic E-state index is 5.97. The molecule has 0 saturated carbocycles. The summed E-state index contributed by atoms with van der Waals surface area (Å²) in [6.45, 7) is 6.27. The van der Waals surface area contributed by atoms with Crippen molar-refractivity contribution in [2.24, 2.45) is 4.99 Å². The van der Waals surface area contributed by atoms with E-state index in [0.717, 1.165) is 56.7 Å². The fourth-order valence-electron chi connectivity index (χ4n) is 2.80. The van der Waals surface area contributed by atoms with Crippen molar-refractivity contribution in [2.75, 3.05) is 39.6 Å². The van der Waals surface area contributed by atoms with Crippen molar-refractivity contribution in [3.05, 3.63) is 34.9 Å². The van der Waals surface area contributed by atoms with Crippen LogP contribution in [-0.2, 0) is 11.3 Å². The van der Waals surface area contributed by atoms with Crippen LogP contribution in [-0.4, -0.2) is 55.2 Å². The zero-order valence-electron chi connectivity index (χ0n) is 14.8. The summed E-state index contributed by atoms with van der Waals surface area (Å²) in [5.74, 6) is 0.951. The average Bonchev–Trinajstić information content (AvgIpc) is 2.61. The van der Waals surface area contributed by atoms with E-state index in [9.17, 15) is 0 Å². The lowest BCUT2D eigenvalue weighted by atomic mass is 9.99. The van der Waals surface area contributed by atoms with Gasteiger partial charge in [0.1, 0.15) is 0 Å². The Morgan fingerprint density at radius 2 is 2.00 bits per heavy atom. The van der Waals surface area contributed by atoms with Crippen LogP contribution in [0.15, 0.2) is 29.3 Å². The second-order valence-corrected chi connectivity index (χ2v) is 7.86. The number of aliphatic imine (C=N–C) groups is 1. The number of nitrogens with one attached hydrogen (secondary N) is 1. The third kappa shape index (κ3) is 5.57. The van der Waals surface area contributed by atoms with Gasteiger partial charge in [-0.15, -0.1) is 0 Å². The van der Waals surface area contributed by atoms with Gasteiger partial charge in [0, 0.05) is 43.1 Å². The second-order valence-electron chi connectivity index (χ2n) is 6.15. The SMILES string of the molecule is CCNC(=NCC1(SC)CCOCC1)N(C)Cc1ccc(Cl)cc1. The predicted molar refractivity (Wildman–Crippen MR) is 105 cm³/mol. The number of ether oxygens (including phenoxy) is 1. The Balaban J connectivity index is 2.04. The molecule has 1 aromatic carbocycles. The lowest BCUT2D eigenvalue weighted by Crippen LogP contribution is -2.41. The molecule has 1 fully saturated rings. The molecule has 1 saturated heterocycles. The number of halogens is 1. The van der Waals surface area contributed by atoms with Gasteiger partial charge in [-0.2, -0.15) is 11.8 Å². The van der Waals surface area contributed by atoms with Crippen LogP contribution >= 0.6 is 23.4 Å². The molecule has 0 bridgehead atoms. The van der Waals surface area contributed by atoms with Gasteiger partial charge in [0.2, 0.25) is 0 Å². The Morgan fingerprint density at radius 3 is 2.58 bits per heavy atom. The molecule has 134 valence electrons. The lowest BCUT2D eigenvalue weighted by molar-refractivity contribution is 0.0793. The molecule has 0 atom stereocenters. The molecule has 0 spiro atoms. The summed E-state index contributed by atoms with van der Waals surface area (Å²) in [6.07, 6.45) is 4.32. The second kappa shape index (κ2) is 9.54. The van der Waals surface area contributed by atoms with E-state index >= 15 is 0 Å². The van der Waals surface area contributed by atoms with Crippen molar-refractivity contribution in [3.63, 3.8) is 0 Å². The molecule has 6 heteroatoms. The van der Waals surface area contributed by atoms with Gasteiger partial charge in [0.05, 0.1) is 6.54 Å². The first-order valence-electron chi connectivity index (χ1n) is 8.45. The summed E-state index contributed by atoms with van der Waals surface area (Å²) >= 11 is 7.89. The molecular weight excluding hydrogens is 342 g/mol. The topological polar surface area (TPSA) is 36.9 Å². The van der Waals surface area contributed by atoms with Gasteiger partial charge in [0.25, 0.3) is 0 Å². The van der Waals surface area contributed by atoms with E-state index in [2.05, 4.69) is 42.6 Å². The van der Waals surface area contributed by atoms with Crippen LogP contribution in [0.3, 0.4) is 0 Å². The number of hydrogen-bond donors (Lipinski definition) is 1. The van der Waals surface area contributed by atoms with Gasteiger partial charge in [0.15, 0.2) is 5.96 Å². The van der Waals surface area contributed by atoms with Crippen LogP contribution in [0.5, 0.6) is 0 Å². The zero-order valence-corrected chi connectivity index (χ0v) is 16.4. The third-order valence-electron chi connectivity index (χ3n) is 4.38. The van der Waals surface area contributed by atoms with Crippen molar-refractivity contribution in [3.8, 4) is 0 Å². The van der Waals surface area contributed by atoms with Gasteiger partial charge in [-0.25, -0.2) is 0 Å². The Hall–Kier alpha value is -0.910. The normalized spacial score (nSPS) is 17.6. The highest BCUT2D eigenvalue weighted by atomic mass is 35.5. The molecule has 1 aromatic rings. The quantitative estimate of drug-likeness (QED) is 0.613. The molecule has 0 aliphatic carbocycles. The Kier molecular flexibility index (Phi) is 7.72. The molecule has 0 aromatic heterocycles. The van der Waals surface area contributed by atoms with Gasteiger partial charge >= 0.3 is 0 Å². The van der Waals surface area contributed by atoms with E-state index in [1.165, 1.54) is 5.56 Å². The van der Waals surface area contributed by atoms with Gasteiger partial charge in [-0.1, -0.05) is 23.7 Å². The number of hydrogen-bond acceptors (Lipinski definition) is 3. The monoisotopic (exact) mass is 369 g/mol. The van der Waals surface area contributed by atoms with Crippen LogP contribution < -0.4 is 5.32 Å². The number of nitrogens with zero attached hydrogens (tertiary/aromatic N) is 2. The van der Waals surface area contributed by atoms with Gasteiger partial charge in [-0.3, -0.25) is 4.99 Å². The average molecular weight is 370 g/mol. The molecule has 1 N–H and O–H groups in total. The molecule has 1 aliphatic heterocycles. The van der Waals surface area contributed by atoms with Crippen molar-refractivity contribution in [2.45, 2.75) is 31.1 Å². The maximum atomic E-state index is 5.97. The summed E-state index contributed by atoms with van der Waals surface area (Å²) in [5, 5.41) is 4.17. The smallest absolute Gasteiger partial charge is 0.194 e. The Bertz CT molecular complexity index is 530. The van der Waals surface area contributed by atoms with Crippen LogP contribution in [0.2, 0.25) is 5.02 Å². The lowest BCUT2D eigenvalue weighted by Gasteiger charge is -2.34. The summed E-state index contributed by atoms with van der Waals surface area (Å²) in [5.41, 5.74) is 1.22. The minimum Gasteiger partial charge on any atom is -0.381 e. The number of rotatable bonds is 6. The largest absolute Gasteiger partial charge is 0.381 e. The van der Waals surface area contributed by atoms with Crippen LogP contribution in [0.1, 0.15) is 25.3 Å². The summed E-state index contributed by atoms with van der Waals surface area (Å²) in [7, 11) is 2.08. The van der Waals surface area contributed by atoms with Crippen molar-refractivity contribution < 1.29 is 4.74 Å². The van der Waals surface area contributed by atoms with Gasteiger partial charge in [-0.05, 0) is 43.7 Å². The van der Waals surface area contributed by atoms with Crippen molar-refractivity contribution >= 4 is 29.3 Å². The molecule has 4 nitrogen and oxygen atoms in total. The van der Waals surface area contributed by atoms with E-state index < -0.39 is 0 Å². The standard InChI is InChI=1S/C18H28ClN3OS/c1-4-20-17(21-14-18(24-3)9-11-23-12-10-18)22(2)13-15-5-7-16(19)8-6-15/h5-8H,4,9-14H2,1-3H3,(H,20,21). The highest BCUT2D eigenvalue weighted by Crippen LogP contribution is 2.34. The number of thioether (sulfide) groups is 1. The zero-order chi connectivity index (χ0) is 17.4. The van der Waals surface area contributed by atoms with E-state index in [0.29, 0.717) is 0 Å². The number of guanidine groups is 1. The Morgan fingerprint density at radius 1 is 1.33 bits per heavy atom. The van der Waals surface area contributed by atoms with E-state index in [1.807, 2.05) is 23.9 Å². The molecular formula is C18H28ClN3OS. The van der Waals surface area contributed by atoms with E-state index in [4.69, 9.17) is 21.3 Å². The molecule has 0 unspecified atom stereocenters. The summed E-state index contributed by atoms with van der Waals surface area (Å²) in [4.78, 5) is 7.09. The van der Waals surface area contributed by atoms with Crippen LogP contribution in [0.4, 0.5) is 0 Å². The van der Waals surface area contributed by atoms with Gasteiger partial charge < -0.3 is 15.0 Å². The Labute approximate surface area is 155 Å². The van der Waals surface area contributed by atoms with E-state index in [1.54, 1.807) is 0 Å². The molecule has 1 aliphatic rings. The van der Waals surface area contributed by atoms with E-state index in [-0.39, 0.29) is 4.75 Å². The molecule has 2 rings (SSSR count). The highest BCUT2D eigenvalue weighted by molar-refractivity contribution is 8.00.